The van der Waals surface area contributed by atoms with Crippen molar-refractivity contribution in [1.82, 2.24) is 25.3 Å². The van der Waals surface area contributed by atoms with Gasteiger partial charge in [0.2, 0.25) is 17.6 Å². The molecule has 4 heterocycles. The Morgan fingerprint density at radius 1 is 1.23 bits per heavy atom. The van der Waals surface area contributed by atoms with Crippen LogP contribution in [0.5, 0.6) is 0 Å². The molecule has 0 bridgehead atoms. The van der Waals surface area contributed by atoms with Crippen molar-refractivity contribution in [2.45, 2.75) is 38.1 Å². The first-order chi connectivity index (χ1) is 14.7. The van der Waals surface area contributed by atoms with Gasteiger partial charge in [-0.3, -0.25) is 14.6 Å². The van der Waals surface area contributed by atoms with Gasteiger partial charge >= 0.3 is 0 Å². The number of rotatable bonds is 7. The number of furan rings is 1. The Labute approximate surface area is 173 Å². The lowest BCUT2D eigenvalue weighted by molar-refractivity contribution is -0.122. The van der Waals surface area contributed by atoms with Crippen LogP contribution in [0.3, 0.4) is 0 Å². The van der Waals surface area contributed by atoms with Crippen LogP contribution in [0.1, 0.15) is 42.1 Å². The molecule has 1 aliphatic heterocycles. The van der Waals surface area contributed by atoms with Crippen molar-refractivity contribution in [3.63, 3.8) is 0 Å². The number of nitrogens with zero attached hydrogens (tertiary/aromatic N) is 4. The summed E-state index contributed by atoms with van der Waals surface area (Å²) in [7, 11) is 0. The molecule has 1 N–H and O–H groups in total. The predicted octanol–water partition coefficient (Wildman–Crippen LogP) is 2.47. The second-order valence-corrected chi connectivity index (χ2v) is 7.24. The summed E-state index contributed by atoms with van der Waals surface area (Å²) in [5, 5.41) is 6.99. The van der Waals surface area contributed by atoms with Gasteiger partial charge in [0.05, 0.1) is 6.26 Å². The number of pyridine rings is 1. The van der Waals surface area contributed by atoms with Gasteiger partial charge in [0, 0.05) is 49.9 Å². The third kappa shape index (κ3) is 4.91. The van der Waals surface area contributed by atoms with Gasteiger partial charge in [-0.05, 0) is 43.5 Å². The van der Waals surface area contributed by atoms with E-state index in [4.69, 9.17) is 8.94 Å². The van der Waals surface area contributed by atoms with Crippen LogP contribution < -0.4 is 5.32 Å². The van der Waals surface area contributed by atoms with Crippen LogP contribution in [0.4, 0.5) is 0 Å². The number of amides is 2. The number of aromatic nitrogens is 3. The van der Waals surface area contributed by atoms with Gasteiger partial charge in [-0.1, -0.05) is 5.16 Å². The zero-order chi connectivity index (χ0) is 20.8. The van der Waals surface area contributed by atoms with E-state index in [2.05, 4.69) is 20.4 Å². The van der Waals surface area contributed by atoms with Crippen molar-refractivity contribution >= 4 is 11.8 Å². The molecule has 4 rings (SSSR count). The highest BCUT2D eigenvalue weighted by Gasteiger charge is 2.26. The van der Waals surface area contributed by atoms with Gasteiger partial charge in [0.25, 0.3) is 5.91 Å². The third-order valence-electron chi connectivity index (χ3n) is 5.01. The number of hydrogen-bond acceptors (Lipinski definition) is 7. The normalized spacial score (nSPS) is 16.4. The van der Waals surface area contributed by atoms with Crippen LogP contribution in [0.2, 0.25) is 0 Å². The Bertz CT molecular complexity index is 970. The topological polar surface area (TPSA) is 114 Å². The zero-order valence-electron chi connectivity index (χ0n) is 16.5. The minimum absolute atomic E-state index is 0.0406. The van der Waals surface area contributed by atoms with Crippen molar-refractivity contribution in [3.8, 4) is 11.4 Å². The van der Waals surface area contributed by atoms with Crippen LogP contribution in [-0.2, 0) is 11.2 Å². The van der Waals surface area contributed by atoms with Crippen LogP contribution in [0.25, 0.3) is 11.4 Å². The highest BCUT2D eigenvalue weighted by molar-refractivity contribution is 5.91. The molecule has 0 radical (unpaired) electrons. The molecule has 0 spiro atoms. The number of carbonyl (C=O) groups excluding carboxylic acids is 2. The van der Waals surface area contributed by atoms with Crippen molar-refractivity contribution in [3.05, 3.63) is 54.6 Å². The third-order valence-corrected chi connectivity index (χ3v) is 5.01. The van der Waals surface area contributed by atoms with Crippen molar-refractivity contribution < 1.29 is 18.5 Å². The predicted molar refractivity (Wildman–Crippen MR) is 106 cm³/mol. The van der Waals surface area contributed by atoms with E-state index in [0.717, 1.165) is 18.4 Å². The summed E-state index contributed by atoms with van der Waals surface area (Å²) < 4.78 is 10.4. The largest absolute Gasteiger partial charge is 0.459 e. The summed E-state index contributed by atoms with van der Waals surface area (Å²) in [6.07, 6.45) is 8.01. The Balaban J connectivity index is 1.21. The van der Waals surface area contributed by atoms with Crippen molar-refractivity contribution in [1.29, 1.82) is 0 Å². The van der Waals surface area contributed by atoms with E-state index in [1.54, 1.807) is 29.4 Å². The van der Waals surface area contributed by atoms with Gasteiger partial charge < -0.3 is 19.2 Å². The second-order valence-electron chi connectivity index (χ2n) is 7.24. The van der Waals surface area contributed by atoms with E-state index < -0.39 is 0 Å². The number of aryl methyl sites for hydroxylation is 1. The Morgan fingerprint density at radius 2 is 2.10 bits per heavy atom. The average Bonchev–Trinajstić information content (AvgIpc) is 3.47. The number of hydrogen-bond donors (Lipinski definition) is 1. The quantitative estimate of drug-likeness (QED) is 0.637. The fraction of sp³-hybridized carbons (Fsp3) is 0.381. The minimum atomic E-state index is -0.139. The van der Waals surface area contributed by atoms with Crippen LogP contribution in [0, 0.1) is 0 Å². The molecule has 9 heteroatoms. The van der Waals surface area contributed by atoms with Crippen molar-refractivity contribution in [2.24, 2.45) is 0 Å². The molecule has 2 amide bonds. The molecule has 1 fully saturated rings. The van der Waals surface area contributed by atoms with Crippen LogP contribution in [0.15, 0.2) is 51.9 Å². The lowest BCUT2D eigenvalue weighted by Gasteiger charge is -2.32. The summed E-state index contributed by atoms with van der Waals surface area (Å²) >= 11 is 0. The van der Waals surface area contributed by atoms with E-state index >= 15 is 0 Å². The average molecular weight is 409 g/mol. The maximum atomic E-state index is 12.4. The zero-order valence-corrected chi connectivity index (χ0v) is 16.5. The smallest absolute Gasteiger partial charge is 0.289 e. The fourth-order valence-corrected chi connectivity index (χ4v) is 3.51. The summed E-state index contributed by atoms with van der Waals surface area (Å²) in [5.74, 6) is 1.16. The summed E-state index contributed by atoms with van der Waals surface area (Å²) in [6, 6.07) is 6.92. The summed E-state index contributed by atoms with van der Waals surface area (Å²) in [4.78, 5) is 34.8. The van der Waals surface area contributed by atoms with Gasteiger partial charge in [-0.15, -0.1) is 0 Å². The first-order valence-electron chi connectivity index (χ1n) is 10.0. The first kappa shape index (κ1) is 19.8. The maximum Gasteiger partial charge on any atom is 0.289 e. The number of piperidine rings is 1. The Hall–Kier alpha value is -3.49. The molecule has 0 aromatic carbocycles. The van der Waals surface area contributed by atoms with Crippen molar-refractivity contribution in [2.75, 3.05) is 13.1 Å². The molecule has 1 saturated heterocycles. The van der Waals surface area contributed by atoms with E-state index in [-0.39, 0.29) is 17.9 Å². The number of likely N-dealkylation sites (tertiary alicyclic amines) is 1. The molecule has 156 valence electrons. The molecule has 1 atom stereocenters. The number of nitrogens with one attached hydrogen (secondary N) is 1. The molecule has 1 aliphatic rings. The van der Waals surface area contributed by atoms with E-state index in [9.17, 15) is 9.59 Å². The highest BCUT2D eigenvalue weighted by Crippen LogP contribution is 2.16. The number of carbonyl (C=O) groups is 2. The lowest BCUT2D eigenvalue weighted by atomic mass is 10.0. The molecule has 3 aromatic rings. The van der Waals surface area contributed by atoms with Gasteiger partial charge in [-0.2, -0.15) is 4.98 Å². The summed E-state index contributed by atoms with van der Waals surface area (Å²) in [5.41, 5.74) is 0.837. The summed E-state index contributed by atoms with van der Waals surface area (Å²) in [6.45, 7) is 1.16. The molecular formula is C21H23N5O4. The molecular weight excluding hydrogens is 386 g/mol. The fourth-order valence-electron chi connectivity index (χ4n) is 3.51. The Morgan fingerprint density at radius 3 is 2.90 bits per heavy atom. The molecule has 0 saturated carbocycles. The molecule has 9 nitrogen and oxygen atoms in total. The minimum Gasteiger partial charge on any atom is -0.459 e. The highest BCUT2D eigenvalue weighted by atomic mass is 16.5. The Kier molecular flexibility index (Phi) is 6.17. The monoisotopic (exact) mass is 409 g/mol. The maximum absolute atomic E-state index is 12.4. The standard InChI is InChI=1S/C21H23N5O4/c27-18(6-1-7-19-24-20(25-30-19)15-8-10-22-11-9-15)23-16-4-2-12-26(14-16)21(28)17-5-3-13-29-17/h3,5,8-11,13,16H,1-2,4,6-7,12,14H2,(H,23,27). The molecule has 1 unspecified atom stereocenters. The second kappa shape index (κ2) is 9.34. The first-order valence-corrected chi connectivity index (χ1v) is 10.0. The van der Waals surface area contributed by atoms with Gasteiger partial charge in [0.15, 0.2) is 5.76 Å². The van der Waals surface area contributed by atoms with E-state index in [1.165, 1.54) is 6.26 Å². The molecule has 0 aliphatic carbocycles. The molecule has 3 aromatic heterocycles. The van der Waals surface area contributed by atoms with Crippen LogP contribution >= 0.6 is 0 Å². The molecule has 30 heavy (non-hydrogen) atoms. The SMILES string of the molecule is O=C(CCCc1nc(-c2ccncc2)no1)NC1CCCN(C(=O)c2ccco2)C1. The van der Waals surface area contributed by atoms with E-state index in [1.807, 2.05) is 12.1 Å². The van der Waals surface area contributed by atoms with Gasteiger partial charge in [0.1, 0.15) is 0 Å². The lowest BCUT2D eigenvalue weighted by Crippen LogP contribution is -2.49. The van der Waals surface area contributed by atoms with E-state index in [0.29, 0.717) is 49.8 Å². The van der Waals surface area contributed by atoms with Gasteiger partial charge in [-0.25, -0.2) is 0 Å². The van der Waals surface area contributed by atoms with Crippen LogP contribution in [-0.4, -0.2) is 51.0 Å².